The highest BCUT2D eigenvalue weighted by atomic mass is 32.1. The predicted molar refractivity (Wildman–Crippen MR) is 88.2 cm³/mol. The van der Waals surface area contributed by atoms with Crippen molar-refractivity contribution in [1.29, 1.82) is 0 Å². The van der Waals surface area contributed by atoms with E-state index in [-0.39, 0.29) is 5.95 Å². The second kappa shape index (κ2) is 11.6. The van der Waals surface area contributed by atoms with Crippen LogP contribution in [-0.4, -0.2) is 16.1 Å². The summed E-state index contributed by atoms with van der Waals surface area (Å²) < 4.78 is 5.50. The molecule has 2 rings (SSSR count). The number of amides is 1. The number of aromatic nitrogens is 2. The molecule has 0 saturated carbocycles. The van der Waals surface area contributed by atoms with E-state index in [2.05, 4.69) is 15.3 Å². The third-order valence-electron chi connectivity index (χ3n) is 1.85. The summed E-state index contributed by atoms with van der Waals surface area (Å²) in [4.78, 5) is 18.1. The maximum Gasteiger partial charge on any atom is 0.419 e. The molecule has 0 bridgehead atoms. The lowest BCUT2D eigenvalue weighted by molar-refractivity contribution is 0.215. The Labute approximate surface area is 130 Å². The van der Waals surface area contributed by atoms with E-state index in [0.717, 1.165) is 0 Å². The molecule has 0 saturated heterocycles. The van der Waals surface area contributed by atoms with E-state index in [1.54, 1.807) is 30.3 Å². The Hall–Kier alpha value is -2.21. The highest BCUT2D eigenvalue weighted by Gasteiger charge is 2.05. The third-order valence-corrected chi connectivity index (χ3v) is 2.08. The van der Waals surface area contributed by atoms with Gasteiger partial charge in [0.05, 0.1) is 0 Å². The van der Waals surface area contributed by atoms with Gasteiger partial charge in [0.15, 0.2) is 0 Å². The summed E-state index contributed by atoms with van der Waals surface area (Å²) >= 11 is 4.89. The first kappa shape index (κ1) is 18.8. The van der Waals surface area contributed by atoms with Crippen LogP contribution in [0.2, 0.25) is 0 Å². The van der Waals surface area contributed by atoms with Crippen molar-refractivity contribution in [1.82, 2.24) is 9.97 Å². The smallest absolute Gasteiger partial charge is 0.410 e. The molecule has 0 aliphatic carbocycles. The summed E-state index contributed by atoms with van der Waals surface area (Å²) in [6.07, 6.45) is 0.872. The van der Waals surface area contributed by atoms with Gasteiger partial charge in [0.1, 0.15) is 10.4 Å². The first-order valence-corrected chi connectivity index (χ1v) is 7.24. The van der Waals surface area contributed by atoms with Gasteiger partial charge in [-0.3, -0.25) is 5.32 Å². The number of carbonyl (C=O) groups is 1. The number of hydrogen-bond donors (Lipinski definition) is 2. The predicted octanol–water partition coefficient (Wildman–Crippen LogP) is 4.80. The minimum Gasteiger partial charge on any atom is -0.410 e. The Bertz CT molecular complexity index is 570. The zero-order valence-electron chi connectivity index (χ0n) is 12.7. The first-order chi connectivity index (χ1) is 10.2. The summed E-state index contributed by atoms with van der Waals surface area (Å²) in [5.41, 5.74) is 0. The summed E-state index contributed by atoms with van der Waals surface area (Å²) in [7, 11) is 0. The summed E-state index contributed by atoms with van der Waals surface area (Å²) in [5, 5.41) is 2.44. The van der Waals surface area contributed by atoms with E-state index < -0.39 is 6.09 Å². The van der Waals surface area contributed by atoms with Crippen LogP contribution in [-0.2, 0) is 0 Å². The molecule has 2 N–H and O–H groups in total. The van der Waals surface area contributed by atoms with Crippen LogP contribution < -0.4 is 10.1 Å². The maximum absolute atomic E-state index is 11.5. The number of nitrogens with zero attached hydrogens (tertiary/aromatic N) is 1. The molecule has 1 heterocycles. The Morgan fingerprint density at radius 2 is 1.76 bits per heavy atom. The molecule has 0 unspecified atom stereocenters. The molecule has 21 heavy (non-hydrogen) atoms. The normalized spacial score (nSPS) is 8.38. The molecule has 0 fully saturated rings. The van der Waals surface area contributed by atoms with E-state index in [9.17, 15) is 4.79 Å². The molecule has 0 radical (unpaired) electrons. The van der Waals surface area contributed by atoms with E-state index in [1.165, 1.54) is 6.20 Å². The monoisotopic (exact) mass is 307 g/mol. The van der Waals surface area contributed by atoms with Gasteiger partial charge >= 0.3 is 6.09 Å². The fourth-order valence-corrected chi connectivity index (χ4v) is 1.31. The van der Waals surface area contributed by atoms with Crippen LogP contribution in [0.25, 0.3) is 0 Å². The topological polar surface area (TPSA) is 67.0 Å². The van der Waals surface area contributed by atoms with E-state index in [1.807, 2.05) is 33.8 Å². The van der Waals surface area contributed by atoms with Crippen LogP contribution in [0.1, 0.15) is 27.7 Å². The number of hydrogen-bond acceptors (Lipinski definition) is 4. The minimum atomic E-state index is -0.624. The van der Waals surface area contributed by atoms with Gasteiger partial charge in [-0.05, 0) is 18.2 Å². The van der Waals surface area contributed by atoms with Crippen molar-refractivity contribution in [3.05, 3.63) is 47.2 Å². The van der Waals surface area contributed by atoms with Crippen LogP contribution in [0.4, 0.5) is 10.7 Å². The van der Waals surface area contributed by atoms with E-state index in [4.69, 9.17) is 17.0 Å². The Morgan fingerprint density at radius 3 is 2.33 bits per heavy atom. The Morgan fingerprint density at radius 1 is 1.14 bits per heavy atom. The molecule has 5 nitrogen and oxygen atoms in total. The van der Waals surface area contributed by atoms with Gasteiger partial charge < -0.3 is 9.72 Å². The lowest BCUT2D eigenvalue weighted by Crippen LogP contribution is -2.18. The molecule has 114 valence electrons. The van der Waals surface area contributed by atoms with Gasteiger partial charge in [0.2, 0.25) is 5.95 Å². The average Bonchev–Trinajstić information content (AvgIpc) is 2.52. The molecular formula is C15H21N3O2S. The van der Waals surface area contributed by atoms with Gasteiger partial charge in [-0.1, -0.05) is 58.1 Å². The SMILES string of the molecule is CC.CC.O=C(Nc1nccc(=S)[nH]1)Oc1ccccc1. The van der Waals surface area contributed by atoms with E-state index >= 15 is 0 Å². The summed E-state index contributed by atoms with van der Waals surface area (Å²) in [6.45, 7) is 8.00. The van der Waals surface area contributed by atoms with Crippen molar-refractivity contribution in [3.63, 3.8) is 0 Å². The largest absolute Gasteiger partial charge is 0.419 e. The molecule has 0 aliphatic rings. The molecule has 0 atom stereocenters. The quantitative estimate of drug-likeness (QED) is 0.782. The number of aromatic amines is 1. The molecule has 1 aromatic heterocycles. The maximum atomic E-state index is 11.5. The number of para-hydroxylation sites is 1. The van der Waals surface area contributed by atoms with Crippen LogP contribution in [0.15, 0.2) is 42.6 Å². The van der Waals surface area contributed by atoms with Gasteiger partial charge in [-0.15, -0.1) is 0 Å². The average molecular weight is 307 g/mol. The number of carbonyl (C=O) groups excluding carboxylic acids is 1. The fraction of sp³-hybridized carbons (Fsp3) is 0.267. The lowest BCUT2D eigenvalue weighted by Gasteiger charge is -2.05. The number of H-pyrrole nitrogens is 1. The zero-order chi connectivity index (χ0) is 16.1. The van der Waals surface area contributed by atoms with Crippen LogP contribution in [0.3, 0.4) is 0 Å². The van der Waals surface area contributed by atoms with Crippen molar-refractivity contribution in [2.45, 2.75) is 27.7 Å². The standard InChI is InChI=1S/C11H9N3O2S.2C2H6/c15-11(16-8-4-2-1-3-5-8)14-10-12-7-6-9(17)13-10;2*1-2/h1-7H,(H2,12,13,14,15,17);2*1-2H3. The second-order valence-corrected chi connectivity index (χ2v) is 3.55. The fourth-order valence-electron chi connectivity index (χ4n) is 1.15. The highest BCUT2D eigenvalue weighted by Crippen LogP contribution is 2.09. The lowest BCUT2D eigenvalue weighted by atomic mass is 10.3. The Balaban J connectivity index is 0.000000921. The highest BCUT2D eigenvalue weighted by molar-refractivity contribution is 7.71. The first-order valence-electron chi connectivity index (χ1n) is 6.83. The van der Waals surface area contributed by atoms with Gasteiger partial charge in [-0.2, -0.15) is 0 Å². The summed E-state index contributed by atoms with van der Waals surface area (Å²) in [5.74, 6) is 0.706. The van der Waals surface area contributed by atoms with Crippen molar-refractivity contribution < 1.29 is 9.53 Å². The van der Waals surface area contributed by atoms with Crippen LogP contribution in [0, 0.1) is 4.64 Å². The molecule has 1 aromatic carbocycles. The van der Waals surface area contributed by atoms with Gasteiger partial charge in [-0.25, -0.2) is 9.78 Å². The van der Waals surface area contributed by atoms with Crippen LogP contribution >= 0.6 is 12.2 Å². The van der Waals surface area contributed by atoms with Crippen molar-refractivity contribution in [2.75, 3.05) is 5.32 Å². The third kappa shape index (κ3) is 7.84. The molecule has 6 heteroatoms. The Kier molecular flexibility index (Phi) is 10.4. The van der Waals surface area contributed by atoms with Crippen molar-refractivity contribution >= 4 is 24.3 Å². The molecule has 1 amide bonds. The minimum absolute atomic E-state index is 0.249. The van der Waals surface area contributed by atoms with Crippen molar-refractivity contribution in [2.24, 2.45) is 0 Å². The molecule has 0 spiro atoms. The molecular weight excluding hydrogens is 286 g/mol. The second-order valence-electron chi connectivity index (χ2n) is 3.11. The van der Waals surface area contributed by atoms with Crippen molar-refractivity contribution in [3.8, 4) is 5.75 Å². The van der Waals surface area contributed by atoms with Gasteiger partial charge in [0, 0.05) is 6.20 Å². The number of benzene rings is 1. The number of ether oxygens (including phenoxy) is 1. The zero-order valence-corrected chi connectivity index (χ0v) is 13.5. The molecule has 2 aromatic rings. The number of nitrogens with one attached hydrogen (secondary N) is 2. The number of rotatable bonds is 2. The van der Waals surface area contributed by atoms with E-state index in [0.29, 0.717) is 10.4 Å². The number of anilines is 1. The van der Waals surface area contributed by atoms with Crippen LogP contribution in [0.5, 0.6) is 5.75 Å². The van der Waals surface area contributed by atoms with Gasteiger partial charge in [0.25, 0.3) is 0 Å². The molecule has 0 aliphatic heterocycles. The summed E-state index contributed by atoms with van der Waals surface area (Å²) in [6, 6.07) is 10.4.